The van der Waals surface area contributed by atoms with Gasteiger partial charge in [-0.25, -0.2) is 0 Å². The molecule has 0 bridgehead atoms. The highest BCUT2D eigenvalue weighted by Crippen LogP contribution is 2.31. The van der Waals surface area contributed by atoms with Gasteiger partial charge in [0.05, 0.1) is 0 Å². The van der Waals surface area contributed by atoms with Gasteiger partial charge in [-0.2, -0.15) is 0 Å². The lowest BCUT2D eigenvalue weighted by molar-refractivity contribution is 0.122. The second-order valence-electron chi connectivity index (χ2n) is 5.53. The molecule has 104 valence electrons. The van der Waals surface area contributed by atoms with Gasteiger partial charge in [-0.1, -0.05) is 27.7 Å². The van der Waals surface area contributed by atoms with Crippen LogP contribution in [0.4, 0.5) is 0 Å². The Labute approximate surface area is 109 Å². The van der Waals surface area contributed by atoms with E-state index < -0.39 is 0 Å². The average molecular weight is 243 g/mol. The second kappa shape index (κ2) is 9.90. The third-order valence-electron chi connectivity index (χ3n) is 3.75. The molecule has 0 aliphatic carbocycles. The van der Waals surface area contributed by atoms with Crippen molar-refractivity contribution in [3.63, 3.8) is 0 Å². The summed E-state index contributed by atoms with van der Waals surface area (Å²) in [6, 6.07) is 0. The van der Waals surface area contributed by atoms with Crippen molar-refractivity contribution in [1.29, 1.82) is 0 Å². The van der Waals surface area contributed by atoms with Crippen LogP contribution in [0.25, 0.3) is 0 Å². The Morgan fingerprint density at radius 1 is 1.12 bits per heavy atom. The van der Waals surface area contributed by atoms with E-state index in [4.69, 9.17) is 4.74 Å². The Bertz CT molecular complexity index is 164. The van der Waals surface area contributed by atoms with Crippen LogP contribution in [0, 0.1) is 11.3 Å². The molecule has 0 heterocycles. The molecule has 0 aliphatic heterocycles. The number of nitrogens with one attached hydrogen (secondary N) is 1. The van der Waals surface area contributed by atoms with Gasteiger partial charge in [-0.05, 0) is 50.5 Å². The summed E-state index contributed by atoms with van der Waals surface area (Å²) in [7, 11) is 0. The van der Waals surface area contributed by atoms with E-state index in [0.29, 0.717) is 5.41 Å². The molecule has 17 heavy (non-hydrogen) atoms. The van der Waals surface area contributed by atoms with E-state index in [2.05, 4.69) is 39.9 Å². The number of hydrogen-bond acceptors (Lipinski definition) is 2. The van der Waals surface area contributed by atoms with Crippen LogP contribution in [0.5, 0.6) is 0 Å². The van der Waals surface area contributed by atoms with Crippen molar-refractivity contribution < 1.29 is 4.74 Å². The van der Waals surface area contributed by atoms with Gasteiger partial charge in [-0.3, -0.25) is 0 Å². The summed E-state index contributed by atoms with van der Waals surface area (Å²) in [5.41, 5.74) is 0.478. The molecular formula is C15H33NO. The molecule has 0 aromatic rings. The topological polar surface area (TPSA) is 21.3 Å². The fourth-order valence-electron chi connectivity index (χ4n) is 2.26. The van der Waals surface area contributed by atoms with Gasteiger partial charge in [-0.15, -0.1) is 0 Å². The quantitative estimate of drug-likeness (QED) is 0.556. The van der Waals surface area contributed by atoms with Gasteiger partial charge >= 0.3 is 0 Å². The molecule has 0 rings (SSSR count). The van der Waals surface area contributed by atoms with Crippen LogP contribution >= 0.6 is 0 Å². The van der Waals surface area contributed by atoms with Crippen LogP contribution < -0.4 is 5.32 Å². The predicted octanol–water partition coefficient (Wildman–Crippen LogP) is 3.86. The summed E-state index contributed by atoms with van der Waals surface area (Å²) in [6.45, 7) is 15.3. The van der Waals surface area contributed by atoms with E-state index in [-0.39, 0.29) is 0 Å². The lowest BCUT2D eigenvalue weighted by Gasteiger charge is -2.32. The molecule has 0 radical (unpaired) electrons. The van der Waals surface area contributed by atoms with Crippen LogP contribution in [-0.4, -0.2) is 26.3 Å². The molecule has 1 N–H and O–H groups in total. The van der Waals surface area contributed by atoms with Crippen molar-refractivity contribution in [3.8, 4) is 0 Å². The van der Waals surface area contributed by atoms with Crippen LogP contribution in [-0.2, 0) is 4.74 Å². The van der Waals surface area contributed by atoms with Crippen molar-refractivity contribution in [1.82, 2.24) is 5.32 Å². The van der Waals surface area contributed by atoms with Gasteiger partial charge in [0.2, 0.25) is 0 Å². The normalized spacial score (nSPS) is 12.4. The minimum Gasteiger partial charge on any atom is -0.382 e. The van der Waals surface area contributed by atoms with E-state index in [9.17, 15) is 0 Å². The zero-order chi connectivity index (χ0) is 13.1. The van der Waals surface area contributed by atoms with Crippen molar-refractivity contribution >= 4 is 0 Å². The predicted molar refractivity (Wildman–Crippen MR) is 76.4 cm³/mol. The molecule has 0 saturated heterocycles. The van der Waals surface area contributed by atoms with Gasteiger partial charge < -0.3 is 10.1 Å². The minimum atomic E-state index is 0.478. The molecule has 0 atom stereocenters. The van der Waals surface area contributed by atoms with Crippen molar-refractivity contribution in [2.45, 2.75) is 60.3 Å². The third kappa shape index (κ3) is 7.77. The van der Waals surface area contributed by atoms with Crippen molar-refractivity contribution in [2.24, 2.45) is 11.3 Å². The fraction of sp³-hybridized carbons (Fsp3) is 1.00. The molecule has 2 nitrogen and oxygen atoms in total. The molecule has 0 spiro atoms. The van der Waals surface area contributed by atoms with Crippen LogP contribution in [0.2, 0.25) is 0 Å². The molecular weight excluding hydrogens is 210 g/mol. The summed E-state index contributed by atoms with van der Waals surface area (Å²) in [6.07, 6.45) is 5.01. The first kappa shape index (κ1) is 16.9. The van der Waals surface area contributed by atoms with E-state index in [1.165, 1.54) is 25.7 Å². The smallest absolute Gasteiger partial charge is 0.0466 e. The molecule has 0 aromatic heterocycles. The Morgan fingerprint density at radius 2 is 1.76 bits per heavy atom. The average Bonchev–Trinajstić information content (AvgIpc) is 2.32. The summed E-state index contributed by atoms with van der Waals surface area (Å²) >= 11 is 0. The highest BCUT2D eigenvalue weighted by atomic mass is 16.5. The molecule has 0 aromatic carbocycles. The molecule has 2 heteroatoms. The standard InChI is InChI=1S/C15H33NO/c1-6-15(7-2,10-9-11-17-8-3)13-16-12-14(4)5/h14,16H,6-13H2,1-5H3. The zero-order valence-corrected chi connectivity index (χ0v) is 12.6. The minimum absolute atomic E-state index is 0.478. The molecule has 0 unspecified atom stereocenters. The first-order chi connectivity index (χ1) is 8.10. The first-order valence-corrected chi connectivity index (χ1v) is 7.38. The largest absolute Gasteiger partial charge is 0.382 e. The molecule has 0 aliphatic rings. The first-order valence-electron chi connectivity index (χ1n) is 7.38. The highest BCUT2D eigenvalue weighted by molar-refractivity contribution is 4.79. The van der Waals surface area contributed by atoms with E-state index in [1.54, 1.807) is 0 Å². The third-order valence-corrected chi connectivity index (χ3v) is 3.75. The van der Waals surface area contributed by atoms with Gasteiger partial charge in [0.15, 0.2) is 0 Å². The summed E-state index contributed by atoms with van der Waals surface area (Å²) < 4.78 is 5.44. The second-order valence-corrected chi connectivity index (χ2v) is 5.53. The van der Waals surface area contributed by atoms with E-state index >= 15 is 0 Å². The van der Waals surface area contributed by atoms with Gasteiger partial charge in [0.1, 0.15) is 0 Å². The van der Waals surface area contributed by atoms with Crippen LogP contribution in [0.1, 0.15) is 60.3 Å². The lowest BCUT2D eigenvalue weighted by Crippen LogP contribution is -2.35. The summed E-state index contributed by atoms with van der Waals surface area (Å²) in [5.74, 6) is 0.741. The molecule has 0 amide bonds. The number of hydrogen-bond donors (Lipinski definition) is 1. The SMILES string of the molecule is CCOCCCC(CC)(CC)CNCC(C)C. The van der Waals surface area contributed by atoms with Crippen LogP contribution in [0.15, 0.2) is 0 Å². The Kier molecular flexibility index (Phi) is 9.85. The maximum atomic E-state index is 5.44. The van der Waals surface area contributed by atoms with E-state index in [0.717, 1.165) is 32.2 Å². The summed E-state index contributed by atoms with van der Waals surface area (Å²) in [5, 5.41) is 3.63. The van der Waals surface area contributed by atoms with Crippen molar-refractivity contribution in [2.75, 3.05) is 26.3 Å². The van der Waals surface area contributed by atoms with Crippen molar-refractivity contribution in [3.05, 3.63) is 0 Å². The van der Waals surface area contributed by atoms with E-state index in [1.807, 2.05) is 0 Å². The fourth-order valence-corrected chi connectivity index (χ4v) is 2.26. The zero-order valence-electron chi connectivity index (χ0n) is 12.6. The summed E-state index contributed by atoms with van der Waals surface area (Å²) in [4.78, 5) is 0. The van der Waals surface area contributed by atoms with Gasteiger partial charge in [0, 0.05) is 19.8 Å². The Hall–Kier alpha value is -0.0800. The number of rotatable bonds is 11. The van der Waals surface area contributed by atoms with Crippen LogP contribution in [0.3, 0.4) is 0 Å². The highest BCUT2D eigenvalue weighted by Gasteiger charge is 2.25. The van der Waals surface area contributed by atoms with Gasteiger partial charge in [0.25, 0.3) is 0 Å². The Balaban J connectivity index is 3.97. The molecule has 0 saturated carbocycles. The maximum Gasteiger partial charge on any atom is 0.0466 e. The maximum absolute atomic E-state index is 5.44. The monoisotopic (exact) mass is 243 g/mol. The lowest BCUT2D eigenvalue weighted by atomic mass is 9.78. The molecule has 0 fully saturated rings. The Morgan fingerprint density at radius 3 is 2.24 bits per heavy atom. The number of ether oxygens (including phenoxy) is 1.